The molecule has 0 bridgehead atoms. The van der Waals surface area contributed by atoms with E-state index >= 15 is 0 Å². The van der Waals surface area contributed by atoms with Gasteiger partial charge in [-0.15, -0.1) is 11.8 Å². The van der Waals surface area contributed by atoms with Crippen LogP contribution >= 0.6 is 11.8 Å². The molecule has 1 aliphatic heterocycles. The maximum atomic E-state index is 13.3. The topological polar surface area (TPSA) is 67.5 Å². The van der Waals surface area contributed by atoms with E-state index in [1.54, 1.807) is 38.5 Å². The van der Waals surface area contributed by atoms with Crippen LogP contribution in [-0.2, 0) is 11.8 Å². The van der Waals surface area contributed by atoms with E-state index in [-0.39, 0.29) is 22.6 Å². The molecule has 1 unspecified atom stereocenters. The predicted molar refractivity (Wildman–Crippen MR) is 107 cm³/mol. The number of hydrogen-bond donors (Lipinski definition) is 1. The van der Waals surface area contributed by atoms with Gasteiger partial charge >= 0.3 is 0 Å². The fourth-order valence-corrected chi connectivity index (χ4v) is 4.54. The molecule has 27 heavy (non-hydrogen) atoms. The van der Waals surface area contributed by atoms with Crippen LogP contribution in [0.1, 0.15) is 16.6 Å². The van der Waals surface area contributed by atoms with Gasteiger partial charge in [-0.1, -0.05) is 30.3 Å². The SMILES string of the molecule is Cc1c(N2C(=O)CSC2c2ccc(O)cc2)c(=O)n(-c2ccccc2)n1C. The Labute approximate surface area is 160 Å². The summed E-state index contributed by atoms with van der Waals surface area (Å²) in [6.07, 6.45) is 0. The number of phenols is 1. The van der Waals surface area contributed by atoms with Crippen molar-refractivity contribution < 1.29 is 9.90 Å². The van der Waals surface area contributed by atoms with E-state index in [0.29, 0.717) is 11.4 Å². The molecule has 7 heteroatoms. The molecule has 138 valence electrons. The van der Waals surface area contributed by atoms with E-state index in [1.807, 2.05) is 44.3 Å². The van der Waals surface area contributed by atoms with Crippen molar-refractivity contribution in [3.63, 3.8) is 0 Å². The summed E-state index contributed by atoms with van der Waals surface area (Å²) >= 11 is 1.48. The van der Waals surface area contributed by atoms with Crippen LogP contribution in [0.15, 0.2) is 59.4 Å². The number of aromatic nitrogens is 2. The van der Waals surface area contributed by atoms with Gasteiger partial charge in [-0.05, 0) is 36.8 Å². The first-order valence-corrected chi connectivity index (χ1v) is 9.60. The van der Waals surface area contributed by atoms with Crippen molar-refractivity contribution in [3.05, 3.63) is 76.2 Å². The molecule has 2 heterocycles. The Morgan fingerprint density at radius 3 is 2.37 bits per heavy atom. The summed E-state index contributed by atoms with van der Waals surface area (Å²) in [6.45, 7) is 1.85. The first-order chi connectivity index (χ1) is 13.0. The zero-order chi connectivity index (χ0) is 19.1. The van der Waals surface area contributed by atoms with Crippen LogP contribution in [0.25, 0.3) is 5.69 Å². The summed E-state index contributed by atoms with van der Waals surface area (Å²) < 4.78 is 3.35. The van der Waals surface area contributed by atoms with Crippen LogP contribution in [0.5, 0.6) is 5.75 Å². The first-order valence-electron chi connectivity index (χ1n) is 8.55. The highest BCUT2D eigenvalue weighted by Crippen LogP contribution is 2.42. The van der Waals surface area contributed by atoms with Gasteiger partial charge in [0.05, 0.1) is 17.1 Å². The normalized spacial score (nSPS) is 16.9. The van der Waals surface area contributed by atoms with E-state index < -0.39 is 0 Å². The fourth-order valence-electron chi connectivity index (χ4n) is 3.38. The van der Waals surface area contributed by atoms with Crippen molar-refractivity contribution in [1.82, 2.24) is 9.36 Å². The number of anilines is 1. The largest absolute Gasteiger partial charge is 0.508 e. The summed E-state index contributed by atoms with van der Waals surface area (Å²) in [7, 11) is 1.82. The lowest BCUT2D eigenvalue weighted by molar-refractivity contribution is -0.115. The minimum atomic E-state index is -0.295. The third-order valence-corrected chi connectivity index (χ3v) is 6.02. The molecule has 6 nitrogen and oxygen atoms in total. The number of phenolic OH excluding ortho intramolecular Hbond substituents is 1. The minimum absolute atomic E-state index is 0.0934. The van der Waals surface area contributed by atoms with Gasteiger partial charge in [0.2, 0.25) is 5.91 Å². The Bertz CT molecular complexity index is 1050. The zero-order valence-corrected chi connectivity index (χ0v) is 15.8. The van der Waals surface area contributed by atoms with Gasteiger partial charge in [0.15, 0.2) is 0 Å². The monoisotopic (exact) mass is 381 g/mol. The highest BCUT2D eigenvalue weighted by Gasteiger charge is 2.38. The van der Waals surface area contributed by atoms with Crippen LogP contribution in [0, 0.1) is 6.92 Å². The number of thioether (sulfide) groups is 1. The Morgan fingerprint density at radius 1 is 1.04 bits per heavy atom. The molecular weight excluding hydrogens is 362 g/mol. The van der Waals surface area contributed by atoms with Crippen molar-refractivity contribution in [3.8, 4) is 11.4 Å². The Kier molecular flexibility index (Phi) is 4.31. The van der Waals surface area contributed by atoms with E-state index in [1.165, 1.54) is 11.8 Å². The van der Waals surface area contributed by atoms with Gasteiger partial charge in [0.1, 0.15) is 16.8 Å². The lowest BCUT2D eigenvalue weighted by Gasteiger charge is -2.23. The Balaban J connectivity index is 1.86. The summed E-state index contributed by atoms with van der Waals surface area (Å²) in [6, 6.07) is 16.1. The second-order valence-corrected chi connectivity index (χ2v) is 7.50. The molecular formula is C20H19N3O3S. The zero-order valence-electron chi connectivity index (χ0n) is 15.0. The average molecular weight is 381 g/mol. The quantitative estimate of drug-likeness (QED) is 0.757. The molecule has 1 aromatic heterocycles. The lowest BCUT2D eigenvalue weighted by Crippen LogP contribution is -2.33. The molecule has 2 aromatic carbocycles. The second kappa shape index (κ2) is 6.66. The van der Waals surface area contributed by atoms with Crippen molar-refractivity contribution in [2.24, 2.45) is 7.05 Å². The van der Waals surface area contributed by atoms with E-state index in [4.69, 9.17) is 0 Å². The van der Waals surface area contributed by atoms with E-state index in [2.05, 4.69) is 0 Å². The smallest absolute Gasteiger partial charge is 0.295 e. The van der Waals surface area contributed by atoms with E-state index in [9.17, 15) is 14.7 Å². The molecule has 0 spiro atoms. The molecule has 1 amide bonds. The number of amides is 1. The highest BCUT2D eigenvalue weighted by molar-refractivity contribution is 8.00. The molecule has 4 rings (SSSR count). The number of rotatable bonds is 3. The number of benzene rings is 2. The number of para-hydroxylation sites is 1. The molecule has 0 saturated carbocycles. The van der Waals surface area contributed by atoms with Crippen LogP contribution in [0.2, 0.25) is 0 Å². The van der Waals surface area contributed by atoms with Crippen LogP contribution in [0.4, 0.5) is 5.69 Å². The van der Waals surface area contributed by atoms with Crippen molar-refractivity contribution >= 4 is 23.4 Å². The number of carbonyl (C=O) groups excluding carboxylic acids is 1. The summed E-state index contributed by atoms with van der Waals surface area (Å²) in [5.74, 6) is 0.385. The summed E-state index contributed by atoms with van der Waals surface area (Å²) in [4.78, 5) is 27.6. The Morgan fingerprint density at radius 2 is 1.70 bits per heavy atom. The van der Waals surface area contributed by atoms with Gasteiger partial charge in [-0.25, -0.2) is 4.68 Å². The summed E-state index contributed by atoms with van der Waals surface area (Å²) in [5, 5.41) is 9.25. The predicted octanol–water partition coefficient (Wildman–Crippen LogP) is 2.97. The number of carbonyl (C=O) groups is 1. The molecule has 0 aliphatic carbocycles. The van der Waals surface area contributed by atoms with Gasteiger partial charge in [-0.3, -0.25) is 19.2 Å². The maximum Gasteiger partial charge on any atom is 0.295 e. The third kappa shape index (κ3) is 2.84. The number of nitrogens with zero attached hydrogens (tertiary/aromatic N) is 3. The Hall–Kier alpha value is -2.93. The molecule has 0 radical (unpaired) electrons. The number of aromatic hydroxyl groups is 1. The first kappa shape index (κ1) is 17.5. The maximum absolute atomic E-state index is 13.3. The molecule has 1 aliphatic rings. The van der Waals surface area contributed by atoms with Crippen LogP contribution in [0.3, 0.4) is 0 Å². The van der Waals surface area contributed by atoms with Crippen LogP contribution in [-0.4, -0.2) is 26.1 Å². The fraction of sp³-hybridized carbons (Fsp3) is 0.200. The van der Waals surface area contributed by atoms with Crippen molar-refractivity contribution in [2.45, 2.75) is 12.3 Å². The van der Waals surface area contributed by atoms with Gasteiger partial charge in [0, 0.05) is 7.05 Å². The molecule has 1 fully saturated rings. The standard InChI is InChI=1S/C20H19N3O3S/c1-13-18(19(26)23(21(13)2)15-6-4-3-5-7-15)22-17(25)12-27-20(22)14-8-10-16(24)11-9-14/h3-11,20,24H,12H2,1-2H3. The molecule has 3 aromatic rings. The van der Waals surface area contributed by atoms with Gasteiger partial charge in [-0.2, -0.15) is 0 Å². The third-order valence-electron chi connectivity index (χ3n) is 4.81. The van der Waals surface area contributed by atoms with Gasteiger partial charge in [0.25, 0.3) is 5.56 Å². The second-order valence-electron chi connectivity index (χ2n) is 6.43. The lowest BCUT2D eigenvalue weighted by atomic mass is 10.2. The minimum Gasteiger partial charge on any atom is -0.508 e. The molecule has 1 atom stereocenters. The molecule has 1 N–H and O–H groups in total. The van der Waals surface area contributed by atoms with E-state index in [0.717, 1.165) is 16.9 Å². The highest BCUT2D eigenvalue weighted by atomic mass is 32.2. The van der Waals surface area contributed by atoms with Crippen LogP contribution < -0.4 is 10.5 Å². The number of hydrogen-bond acceptors (Lipinski definition) is 4. The average Bonchev–Trinajstić information content (AvgIpc) is 3.14. The van der Waals surface area contributed by atoms with Crippen molar-refractivity contribution in [2.75, 3.05) is 10.7 Å². The van der Waals surface area contributed by atoms with Gasteiger partial charge < -0.3 is 5.11 Å². The van der Waals surface area contributed by atoms with Crippen molar-refractivity contribution in [1.29, 1.82) is 0 Å². The molecule has 1 saturated heterocycles. The summed E-state index contributed by atoms with van der Waals surface area (Å²) in [5.41, 5.74) is 2.52.